The third kappa shape index (κ3) is 6.27. The van der Waals surface area contributed by atoms with Crippen LogP contribution < -0.4 is 10.6 Å². The number of amides is 1. The van der Waals surface area contributed by atoms with Crippen molar-refractivity contribution in [2.45, 2.75) is 20.3 Å². The summed E-state index contributed by atoms with van der Waals surface area (Å²) in [7, 11) is 3.95. The summed E-state index contributed by atoms with van der Waals surface area (Å²) in [6.45, 7) is 5.43. The van der Waals surface area contributed by atoms with E-state index in [1.165, 1.54) is 30.7 Å². The number of carbonyl (C=O) groups excluding carboxylic acids is 1. The number of benzene rings is 1. The number of halogens is 2. The summed E-state index contributed by atoms with van der Waals surface area (Å²) in [6, 6.07) is 8.13. The average Bonchev–Trinajstić information content (AvgIpc) is 3.45. The molecule has 45 heavy (non-hydrogen) atoms. The lowest BCUT2D eigenvalue weighted by molar-refractivity contribution is -0.118. The van der Waals surface area contributed by atoms with E-state index in [4.69, 9.17) is 4.98 Å². The number of carbonyl (C=O) groups is 1. The van der Waals surface area contributed by atoms with Gasteiger partial charge in [-0.05, 0) is 44.4 Å². The Morgan fingerprint density at radius 1 is 1.04 bits per heavy atom. The lowest BCUT2D eigenvalue weighted by Gasteiger charge is -2.17. The first-order chi connectivity index (χ1) is 21.7. The van der Waals surface area contributed by atoms with Crippen LogP contribution in [0.3, 0.4) is 0 Å². The molecule has 0 atom stereocenters. The van der Waals surface area contributed by atoms with E-state index in [1.54, 1.807) is 32.2 Å². The molecule has 0 saturated carbocycles. The molecule has 0 spiro atoms. The monoisotopic (exact) mass is 609 g/mol. The number of nitrogens with one attached hydrogen (secondary N) is 3. The summed E-state index contributed by atoms with van der Waals surface area (Å²) in [6.07, 6.45) is 6.62. The van der Waals surface area contributed by atoms with Crippen molar-refractivity contribution in [1.82, 2.24) is 29.8 Å². The van der Waals surface area contributed by atoms with Crippen molar-refractivity contribution in [2.75, 3.05) is 44.4 Å². The molecule has 0 saturated heterocycles. The largest absolute Gasteiger partial charge is 0.384 e. The van der Waals surface area contributed by atoms with E-state index < -0.39 is 11.6 Å². The Morgan fingerprint density at radius 2 is 1.87 bits per heavy atom. The van der Waals surface area contributed by atoms with Crippen LogP contribution in [0.15, 0.2) is 60.1 Å². The lowest BCUT2D eigenvalue weighted by Crippen LogP contribution is -2.20. The molecule has 5 heterocycles. The van der Waals surface area contributed by atoms with Gasteiger partial charge in [-0.15, -0.1) is 0 Å². The van der Waals surface area contributed by atoms with Gasteiger partial charge in [-0.2, -0.15) is 0 Å². The van der Waals surface area contributed by atoms with Crippen molar-refractivity contribution in [1.29, 1.82) is 0 Å². The fourth-order valence-corrected chi connectivity index (χ4v) is 5.16. The number of aromatic amines is 1. The molecule has 0 bridgehead atoms. The number of likely N-dealkylation sites (N-methyl/N-ethyl adjacent to an activating group) is 1. The quantitative estimate of drug-likeness (QED) is 0.207. The van der Waals surface area contributed by atoms with Crippen molar-refractivity contribution in [3.63, 3.8) is 0 Å². The number of rotatable bonds is 9. The minimum absolute atomic E-state index is 0.166. The van der Waals surface area contributed by atoms with Crippen LogP contribution in [0.25, 0.3) is 33.4 Å². The molecule has 3 N–H and O–H groups in total. The maximum atomic E-state index is 16.4. The van der Waals surface area contributed by atoms with Gasteiger partial charge in [-0.3, -0.25) is 24.7 Å². The Kier molecular flexibility index (Phi) is 8.31. The van der Waals surface area contributed by atoms with Gasteiger partial charge < -0.3 is 20.5 Å². The van der Waals surface area contributed by atoms with Gasteiger partial charge in [0.2, 0.25) is 5.91 Å². The normalized spacial score (nSPS) is 12.8. The third-order valence-corrected chi connectivity index (χ3v) is 7.48. The van der Waals surface area contributed by atoms with Gasteiger partial charge in [-0.1, -0.05) is 13.8 Å². The Bertz CT molecular complexity index is 1930. The number of H-pyrrole nitrogens is 1. The van der Waals surface area contributed by atoms with E-state index >= 15 is 4.39 Å². The molecule has 1 aromatic carbocycles. The third-order valence-electron chi connectivity index (χ3n) is 7.48. The highest BCUT2D eigenvalue weighted by atomic mass is 19.1. The maximum Gasteiger partial charge on any atom is 0.226 e. The highest BCUT2D eigenvalue weighted by Gasteiger charge is 2.27. The topological polar surface area (TPSA) is 124 Å². The fourth-order valence-electron chi connectivity index (χ4n) is 5.16. The molecule has 6 rings (SSSR count). The molecule has 1 aliphatic heterocycles. The van der Waals surface area contributed by atoms with Gasteiger partial charge >= 0.3 is 0 Å². The van der Waals surface area contributed by atoms with Crippen LogP contribution in [0.4, 0.5) is 20.2 Å². The van der Waals surface area contributed by atoms with Crippen molar-refractivity contribution in [2.24, 2.45) is 10.9 Å². The number of hydrogen-bond donors (Lipinski definition) is 3. The van der Waals surface area contributed by atoms with Gasteiger partial charge in [0.05, 0.1) is 34.4 Å². The number of aromatic nitrogens is 5. The van der Waals surface area contributed by atoms with E-state index in [9.17, 15) is 9.18 Å². The predicted octanol–water partition coefficient (Wildman–Crippen LogP) is 5.32. The smallest absolute Gasteiger partial charge is 0.226 e. The second kappa shape index (κ2) is 12.5. The fraction of sp³-hybridized carbons (Fsp3) is 0.273. The van der Waals surface area contributed by atoms with Crippen LogP contribution in [0.1, 0.15) is 30.9 Å². The molecule has 4 aromatic heterocycles. The molecule has 0 radical (unpaired) electrons. The van der Waals surface area contributed by atoms with Gasteiger partial charge in [0.1, 0.15) is 22.9 Å². The molecule has 5 aromatic rings. The highest BCUT2D eigenvalue weighted by Crippen LogP contribution is 2.32. The highest BCUT2D eigenvalue weighted by molar-refractivity contribution is 6.14. The Hall–Kier alpha value is -5.10. The van der Waals surface area contributed by atoms with Crippen LogP contribution >= 0.6 is 0 Å². The minimum Gasteiger partial charge on any atom is -0.384 e. The van der Waals surface area contributed by atoms with Crippen molar-refractivity contribution in [3.05, 3.63) is 83.8 Å². The van der Waals surface area contributed by atoms with Gasteiger partial charge in [0, 0.05) is 72.9 Å². The number of hydrogen-bond acceptors (Lipinski definition) is 8. The molecule has 1 aliphatic rings. The molecular weight excluding hydrogens is 576 g/mol. The zero-order valence-electron chi connectivity index (χ0n) is 25.4. The number of pyridine rings is 3. The number of anilines is 2. The Morgan fingerprint density at radius 3 is 2.67 bits per heavy atom. The molecule has 0 aliphatic carbocycles. The Balaban J connectivity index is 1.37. The first-order valence-electron chi connectivity index (χ1n) is 14.7. The van der Waals surface area contributed by atoms with E-state index in [2.05, 4.69) is 35.6 Å². The number of imidazole rings is 1. The van der Waals surface area contributed by atoms with E-state index in [1.807, 2.05) is 25.1 Å². The summed E-state index contributed by atoms with van der Waals surface area (Å²) in [4.78, 5) is 40.3. The lowest BCUT2D eigenvalue weighted by atomic mass is 9.97. The van der Waals surface area contributed by atoms with Crippen molar-refractivity contribution < 1.29 is 13.6 Å². The molecule has 0 fully saturated rings. The van der Waals surface area contributed by atoms with Crippen LogP contribution in [-0.4, -0.2) is 75.2 Å². The SMILES string of the molecule is CC(C)C(=O)Nc1cncc(-c2cnc3c(c2F)C(c2nc4c(-c5cc(F)cc(NCCN(C)C)c5)nccc4[nH]2)=NCC3)c1. The molecule has 1 amide bonds. The predicted molar refractivity (Wildman–Crippen MR) is 171 cm³/mol. The maximum absolute atomic E-state index is 16.4. The summed E-state index contributed by atoms with van der Waals surface area (Å²) < 4.78 is 31.1. The first kappa shape index (κ1) is 29.9. The summed E-state index contributed by atoms with van der Waals surface area (Å²) in [5.41, 5.74) is 5.15. The number of nitrogens with zero attached hydrogens (tertiary/aromatic N) is 6. The van der Waals surface area contributed by atoms with Gasteiger partial charge in [-0.25, -0.2) is 13.8 Å². The minimum atomic E-state index is -0.509. The van der Waals surface area contributed by atoms with Crippen LogP contribution in [-0.2, 0) is 11.2 Å². The van der Waals surface area contributed by atoms with Crippen LogP contribution in [0.5, 0.6) is 0 Å². The number of aliphatic imine (C=N–C) groups is 1. The molecule has 10 nitrogen and oxygen atoms in total. The van der Waals surface area contributed by atoms with E-state index in [-0.39, 0.29) is 23.0 Å². The van der Waals surface area contributed by atoms with E-state index in [0.717, 1.165) is 6.54 Å². The summed E-state index contributed by atoms with van der Waals surface area (Å²) in [5, 5.41) is 6.06. The Labute approximate surface area is 259 Å². The molecule has 230 valence electrons. The molecule has 12 heteroatoms. The second-order valence-corrected chi connectivity index (χ2v) is 11.5. The van der Waals surface area contributed by atoms with Crippen molar-refractivity contribution >= 4 is 34.0 Å². The van der Waals surface area contributed by atoms with Gasteiger partial charge in [0.15, 0.2) is 5.82 Å². The standard InChI is InChI=1S/C33H33F2N9O/c1-18(2)33(45)41-23-13-20(15-36-16-23)24-17-40-25-5-7-39-31(27(25)28(24)35)32-42-26-6-8-38-29(30(26)43-32)19-11-21(34)14-22(12-19)37-9-10-44(3)4/h6,8,11-18,37H,5,7,9-10H2,1-4H3,(H,41,45)(H,42,43). The van der Waals surface area contributed by atoms with E-state index in [0.29, 0.717) is 76.0 Å². The van der Waals surface area contributed by atoms with Crippen molar-refractivity contribution in [3.8, 4) is 22.4 Å². The number of fused-ring (bicyclic) bond motifs is 2. The summed E-state index contributed by atoms with van der Waals surface area (Å²) >= 11 is 0. The average molecular weight is 610 g/mol. The van der Waals surface area contributed by atoms with Crippen LogP contribution in [0.2, 0.25) is 0 Å². The zero-order chi connectivity index (χ0) is 31.7. The van der Waals surface area contributed by atoms with Crippen LogP contribution in [0, 0.1) is 17.6 Å². The van der Waals surface area contributed by atoms with Gasteiger partial charge in [0.25, 0.3) is 0 Å². The first-order valence-corrected chi connectivity index (χ1v) is 14.7. The molecular formula is C33H33F2N9O. The molecule has 0 unspecified atom stereocenters. The summed E-state index contributed by atoms with van der Waals surface area (Å²) in [5.74, 6) is -0.939. The second-order valence-electron chi connectivity index (χ2n) is 11.5. The zero-order valence-corrected chi connectivity index (χ0v) is 25.4.